The lowest BCUT2D eigenvalue weighted by Crippen LogP contribution is -2.03. The third-order valence-corrected chi connectivity index (χ3v) is 2.59. The van der Waals surface area contributed by atoms with E-state index in [2.05, 4.69) is 31.9 Å². The lowest BCUT2D eigenvalue weighted by Gasteiger charge is -2.06. The van der Waals surface area contributed by atoms with Gasteiger partial charge < -0.3 is 5.11 Å². The highest BCUT2D eigenvalue weighted by Gasteiger charge is 2.02. The average Bonchev–Trinajstić information content (AvgIpc) is 2.28. The summed E-state index contributed by atoms with van der Waals surface area (Å²) >= 11 is 0. The third-order valence-electron chi connectivity index (χ3n) is 2.59. The molecule has 1 aromatic rings. The highest BCUT2D eigenvalue weighted by Crippen LogP contribution is 2.16. The molecule has 1 heteroatoms. The van der Waals surface area contributed by atoms with Crippen LogP contribution in [0, 0.1) is 12.3 Å². The van der Waals surface area contributed by atoms with Crippen molar-refractivity contribution in [3.05, 3.63) is 41.0 Å². The van der Waals surface area contributed by atoms with Crippen LogP contribution in [-0.2, 0) is 0 Å². The Hall–Kier alpha value is -1.52. The molecule has 0 heterocycles. The van der Waals surface area contributed by atoms with E-state index in [1.54, 1.807) is 0 Å². The third kappa shape index (κ3) is 3.25. The van der Waals surface area contributed by atoms with Crippen LogP contribution in [0.4, 0.5) is 0 Å². The van der Waals surface area contributed by atoms with Crippen molar-refractivity contribution in [1.82, 2.24) is 0 Å². The lowest BCUT2D eigenvalue weighted by molar-refractivity contribution is 0.269. The van der Waals surface area contributed by atoms with E-state index in [4.69, 9.17) is 6.42 Å². The summed E-state index contributed by atoms with van der Waals surface area (Å²) in [7, 11) is 0. The molecule has 1 N–H and O–H groups in total. The number of benzene rings is 1. The zero-order valence-electron chi connectivity index (χ0n) is 10.1. The molecule has 1 aromatic carbocycles. The van der Waals surface area contributed by atoms with Gasteiger partial charge in [-0.25, -0.2) is 0 Å². The van der Waals surface area contributed by atoms with Crippen LogP contribution in [0.1, 0.15) is 37.8 Å². The Morgan fingerprint density at radius 2 is 1.88 bits per heavy atom. The van der Waals surface area contributed by atoms with Gasteiger partial charge in [-0.15, -0.1) is 6.42 Å². The zero-order valence-corrected chi connectivity index (χ0v) is 10.1. The zero-order chi connectivity index (χ0) is 12.1. The van der Waals surface area contributed by atoms with Crippen molar-refractivity contribution >= 4 is 6.08 Å². The molecule has 1 rings (SSSR count). The monoisotopic (exact) mass is 214 g/mol. The van der Waals surface area contributed by atoms with Crippen LogP contribution in [0.15, 0.2) is 29.8 Å². The number of rotatable bonds is 3. The van der Waals surface area contributed by atoms with E-state index in [9.17, 15) is 5.11 Å². The molecular formula is C15H18O. The Kier molecular flexibility index (Phi) is 4.34. The van der Waals surface area contributed by atoms with Gasteiger partial charge in [0.2, 0.25) is 0 Å². The molecule has 0 aliphatic rings. The van der Waals surface area contributed by atoms with Crippen molar-refractivity contribution in [2.75, 3.05) is 0 Å². The van der Waals surface area contributed by atoms with Gasteiger partial charge in [-0.3, -0.25) is 0 Å². The number of aliphatic hydroxyl groups excluding tert-OH is 1. The molecule has 0 radical (unpaired) electrons. The van der Waals surface area contributed by atoms with Gasteiger partial charge in [-0.05, 0) is 29.5 Å². The second kappa shape index (κ2) is 5.53. The summed E-state index contributed by atoms with van der Waals surface area (Å²) in [6, 6.07) is 8.29. The van der Waals surface area contributed by atoms with Crippen LogP contribution in [0.2, 0.25) is 0 Å². The highest BCUT2D eigenvalue weighted by atomic mass is 16.3. The Bertz CT molecular complexity index is 404. The molecule has 0 amide bonds. The van der Waals surface area contributed by atoms with Gasteiger partial charge in [0.1, 0.15) is 6.10 Å². The predicted octanol–water partition coefficient (Wildman–Crippen LogP) is 3.21. The second-order valence-corrected chi connectivity index (χ2v) is 4.28. The minimum absolute atomic E-state index is 0.537. The first-order chi connectivity index (χ1) is 7.54. The normalized spacial score (nSPS) is 13.6. The molecule has 1 unspecified atom stereocenters. The fourth-order valence-electron chi connectivity index (χ4n) is 1.45. The molecule has 0 aliphatic heterocycles. The Morgan fingerprint density at radius 1 is 1.31 bits per heavy atom. The summed E-state index contributed by atoms with van der Waals surface area (Å²) in [5.74, 6) is 2.84. The van der Waals surface area contributed by atoms with Crippen molar-refractivity contribution in [2.24, 2.45) is 0 Å². The number of hydrogen-bond acceptors (Lipinski definition) is 1. The van der Waals surface area contributed by atoms with E-state index in [0.717, 1.165) is 11.1 Å². The van der Waals surface area contributed by atoms with Gasteiger partial charge in [0.25, 0.3) is 0 Å². The maximum absolute atomic E-state index is 9.43. The van der Waals surface area contributed by atoms with E-state index in [1.165, 1.54) is 5.56 Å². The summed E-state index contributed by atoms with van der Waals surface area (Å²) < 4.78 is 0. The molecule has 1 nitrogen and oxygen atoms in total. The molecule has 0 aliphatic carbocycles. The van der Waals surface area contributed by atoms with Crippen LogP contribution in [0.3, 0.4) is 0 Å². The average molecular weight is 214 g/mol. The SMILES string of the molecule is C#CC(O)C(C)=Cc1ccc(C(C)C)cc1. The van der Waals surface area contributed by atoms with Crippen molar-refractivity contribution in [3.63, 3.8) is 0 Å². The first kappa shape index (κ1) is 12.5. The summed E-state index contributed by atoms with van der Waals surface area (Å²) in [6.45, 7) is 6.16. The second-order valence-electron chi connectivity index (χ2n) is 4.28. The number of terminal acetylenes is 1. The summed E-state index contributed by atoms with van der Waals surface area (Å²) in [4.78, 5) is 0. The quantitative estimate of drug-likeness (QED) is 0.766. The lowest BCUT2D eigenvalue weighted by atomic mass is 10.0. The van der Waals surface area contributed by atoms with Crippen LogP contribution < -0.4 is 0 Å². The summed E-state index contributed by atoms with van der Waals surface area (Å²) in [5.41, 5.74) is 3.17. The topological polar surface area (TPSA) is 20.2 Å². The number of hydrogen-bond donors (Lipinski definition) is 1. The molecule has 0 saturated carbocycles. The van der Waals surface area contributed by atoms with Crippen LogP contribution >= 0.6 is 0 Å². The maximum Gasteiger partial charge on any atom is 0.136 e. The smallest absolute Gasteiger partial charge is 0.136 e. The van der Waals surface area contributed by atoms with Gasteiger partial charge in [0.15, 0.2) is 0 Å². The minimum Gasteiger partial charge on any atom is -0.376 e. The Morgan fingerprint density at radius 3 is 2.31 bits per heavy atom. The standard InChI is InChI=1S/C15H18O/c1-5-15(16)12(4)10-13-6-8-14(9-7-13)11(2)3/h1,6-11,15-16H,2-4H3. The number of aliphatic hydroxyl groups is 1. The molecule has 0 bridgehead atoms. The van der Waals surface area contributed by atoms with Gasteiger partial charge in [0.05, 0.1) is 0 Å². The van der Waals surface area contributed by atoms with E-state index in [0.29, 0.717) is 5.92 Å². The van der Waals surface area contributed by atoms with Gasteiger partial charge >= 0.3 is 0 Å². The van der Waals surface area contributed by atoms with Crippen molar-refractivity contribution in [1.29, 1.82) is 0 Å². The molecule has 1 atom stereocenters. The van der Waals surface area contributed by atoms with Crippen molar-refractivity contribution in [3.8, 4) is 12.3 Å². The van der Waals surface area contributed by atoms with Crippen molar-refractivity contribution < 1.29 is 5.11 Å². The molecule has 0 saturated heterocycles. The predicted molar refractivity (Wildman–Crippen MR) is 69.0 cm³/mol. The van der Waals surface area contributed by atoms with Crippen LogP contribution in [0.5, 0.6) is 0 Å². The van der Waals surface area contributed by atoms with Gasteiger partial charge in [0, 0.05) is 0 Å². The Balaban J connectivity index is 2.88. The van der Waals surface area contributed by atoms with Crippen molar-refractivity contribution in [2.45, 2.75) is 32.8 Å². The van der Waals surface area contributed by atoms with Crippen LogP contribution in [0.25, 0.3) is 6.08 Å². The largest absolute Gasteiger partial charge is 0.376 e. The first-order valence-electron chi connectivity index (χ1n) is 5.47. The van der Waals surface area contributed by atoms with Gasteiger partial charge in [-0.1, -0.05) is 50.1 Å². The minimum atomic E-state index is -0.787. The highest BCUT2D eigenvalue weighted by molar-refractivity contribution is 5.54. The van der Waals surface area contributed by atoms with Crippen LogP contribution in [-0.4, -0.2) is 11.2 Å². The van der Waals surface area contributed by atoms with E-state index in [-0.39, 0.29) is 0 Å². The molecular weight excluding hydrogens is 196 g/mol. The van der Waals surface area contributed by atoms with E-state index >= 15 is 0 Å². The van der Waals surface area contributed by atoms with E-state index in [1.807, 2.05) is 25.1 Å². The maximum atomic E-state index is 9.43. The van der Waals surface area contributed by atoms with Gasteiger partial charge in [-0.2, -0.15) is 0 Å². The van der Waals surface area contributed by atoms with E-state index < -0.39 is 6.10 Å². The first-order valence-corrected chi connectivity index (χ1v) is 5.47. The molecule has 16 heavy (non-hydrogen) atoms. The molecule has 0 aromatic heterocycles. The summed E-state index contributed by atoms with van der Waals surface area (Å²) in [5, 5.41) is 9.43. The fourth-order valence-corrected chi connectivity index (χ4v) is 1.45. The Labute approximate surface area is 97.8 Å². The molecule has 0 fully saturated rings. The summed E-state index contributed by atoms with van der Waals surface area (Å²) in [6.07, 6.45) is 6.27. The molecule has 84 valence electrons. The fraction of sp³-hybridized carbons (Fsp3) is 0.333. The molecule has 0 spiro atoms.